The molecule has 24 heavy (non-hydrogen) atoms. The summed E-state index contributed by atoms with van der Waals surface area (Å²) in [6, 6.07) is 7.75. The number of hydrogen-bond donors (Lipinski definition) is 1. The number of aromatic nitrogens is 2. The minimum absolute atomic E-state index is 0.0196. The molecule has 122 valence electrons. The molecule has 0 bridgehead atoms. The summed E-state index contributed by atoms with van der Waals surface area (Å²) in [5, 5.41) is 0.802. The van der Waals surface area contributed by atoms with Gasteiger partial charge in [0.15, 0.2) is 0 Å². The van der Waals surface area contributed by atoms with Gasteiger partial charge in [0.05, 0.1) is 12.5 Å². The van der Waals surface area contributed by atoms with Crippen molar-refractivity contribution in [1.29, 1.82) is 0 Å². The van der Waals surface area contributed by atoms with Gasteiger partial charge >= 0.3 is 0 Å². The van der Waals surface area contributed by atoms with Crippen LogP contribution in [0.4, 0.5) is 0 Å². The number of methoxy groups -OCH3 is 1. The van der Waals surface area contributed by atoms with E-state index in [1.165, 1.54) is 16.9 Å². The molecule has 4 nitrogen and oxygen atoms in total. The van der Waals surface area contributed by atoms with Gasteiger partial charge in [0.1, 0.15) is 16.4 Å². The maximum absolute atomic E-state index is 12.5. The van der Waals surface area contributed by atoms with Crippen molar-refractivity contribution in [3.05, 3.63) is 56.4 Å². The summed E-state index contributed by atoms with van der Waals surface area (Å²) in [6.45, 7) is 0. The van der Waals surface area contributed by atoms with E-state index in [4.69, 9.17) is 4.74 Å². The minimum Gasteiger partial charge on any atom is -0.497 e. The summed E-state index contributed by atoms with van der Waals surface area (Å²) < 4.78 is 5.15. The number of hydrogen-bond acceptors (Lipinski definition) is 4. The van der Waals surface area contributed by atoms with Gasteiger partial charge in [-0.05, 0) is 55.0 Å². The van der Waals surface area contributed by atoms with E-state index in [0.717, 1.165) is 40.8 Å². The number of fused-ring (bicyclic) bond motifs is 3. The van der Waals surface area contributed by atoms with E-state index in [2.05, 4.69) is 9.97 Å². The third-order valence-corrected chi connectivity index (χ3v) is 5.58. The number of benzene rings is 1. The van der Waals surface area contributed by atoms with Crippen LogP contribution in [-0.4, -0.2) is 17.1 Å². The standard InChI is InChI=1S/C19H18N2O2S/c1-23-13-9-6-12(7-10-13)8-11-16-20-18(22)17-14-4-2-3-5-15(14)24-19(17)21-16/h6-11H,2-5H2,1H3,(H,20,21,22)/b11-8+. The predicted octanol–water partition coefficient (Wildman–Crippen LogP) is 4.04. The van der Waals surface area contributed by atoms with Gasteiger partial charge in [0.25, 0.3) is 5.56 Å². The second-order valence-corrected chi connectivity index (χ2v) is 7.03. The molecule has 0 fully saturated rings. The third-order valence-electron chi connectivity index (χ3n) is 4.39. The van der Waals surface area contributed by atoms with Crippen molar-refractivity contribution in [3.63, 3.8) is 0 Å². The molecule has 2 aromatic heterocycles. The summed E-state index contributed by atoms with van der Waals surface area (Å²) >= 11 is 1.67. The van der Waals surface area contributed by atoms with Crippen LogP contribution in [0.15, 0.2) is 29.1 Å². The van der Waals surface area contributed by atoms with Crippen molar-refractivity contribution in [2.24, 2.45) is 0 Å². The van der Waals surface area contributed by atoms with Crippen LogP contribution in [-0.2, 0) is 12.8 Å². The number of aryl methyl sites for hydroxylation is 2. The number of H-pyrrole nitrogens is 1. The summed E-state index contributed by atoms with van der Waals surface area (Å²) in [6.07, 6.45) is 8.24. The Balaban J connectivity index is 1.69. The Hall–Kier alpha value is -2.40. The zero-order valence-electron chi connectivity index (χ0n) is 13.5. The molecule has 1 aromatic carbocycles. The molecule has 1 aliphatic carbocycles. The second kappa shape index (κ2) is 6.24. The lowest BCUT2D eigenvalue weighted by atomic mass is 9.97. The van der Waals surface area contributed by atoms with Crippen LogP contribution >= 0.6 is 11.3 Å². The molecule has 1 aliphatic rings. The molecule has 0 amide bonds. The van der Waals surface area contributed by atoms with E-state index in [-0.39, 0.29) is 5.56 Å². The Morgan fingerprint density at radius 1 is 1.17 bits per heavy atom. The summed E-state index contributed by atoms with van der Waals surface area (Å²) in [4.78, 5) is 22.2. The molecule has 0 atom stereocenters. The SMILES string of the molecule is COc1ccc(/C=C/c2nc3sc4c(c3c(=O)[nH]2)CCCC4)cc1. The molecule has 5 heteroatoms. The lowest BCUT2D eigenvalue weighted by Gasteiger charge is -2.09. The number of rotatable bonds is 3. The Kier molecular flexibility index (Phi) is 3.94. The molecule has 2 heterocycles. The van der Waals surface area contributed by atoms with Crippen LogP contribution in [0.5, 0.6) is 5.75 Å². The van der Waals surface area contributed by atoms with E-state index in [1.54, 1.807) is 18.4 Å². The molecule has 4 rings (SSSR count). The molecule has 0 spiro atoms. The molecular weight excluding hydrogens is 320 g/mol. The van der Waals surface area contributed by atoms with E-state index < -0.39 is 0 Å². The molecule has 0 saturated heterocycles. The van der Waals surface area contributed by atoms with Crippen molar-refractivity contribution < 1.29 is 4.74 Å². The fourth-order valence-corrected chi connectivity index (χ4v) is 4.42. The molecule has 1 N–H and O–H groups in total. The van der Waals surface area contributed by atoms with Gasteiger partial charge in [0.2, 0.25) is 0 Å². The zero-order chi connectivity index (χ0) is 16.5. The molecule has 0 radical (unpaired) electrons. The number of aromatic amines is 1. The smallest absolute Gasteiger partial charge is 0.260 e. The monoisotopic (exact) mass is 338 g/mol. The first-order valence-electron chi connectivity index (χ1n) is 8.11. The van der Waals surface area contributed by atoms with Gasteiger partial charge < -0.3 is 9.72 Å². The highest BCUT2D eigenvalue weighted by molar-refractivity contribution is 7.18. The molecule has 0 aliphatic heterocycles. The normalized spacial score (nSPS) is 14.2. The molecular formula is C19H18N2O2S. The highest BCUT2D eigenvalue weighted by atomic mass is 32.1. The Bertz CT molecular complexity index is 967. The topological polar surface area (TPSA) is 55.0 Å². The number of nitrogens with zero attached hydrogens (tertiary/aromatic N) is 1. The van der Waals surface area contributed by atoms with Gasteiger partial charge in [-0.25, -0.2) is 4.98 Å². The number of thiophene rings is 1. The average Bonchev–Trinajstić information content (AvgIpc) is 2.99. The van der Waals surface area contributed by atoms with Gasteiger partial charge in [-0.1, -0.05) is 18.2 Å². The summed E-state index contributed by atoms with van der Waals surface area (Å²) in [5.41, 5.74) is 2.23. The van der Waals surface area contributed by atoms with Crippen LogP contribution in [0, 0.1) is 0 Å². The Morgan fingerprint density at radius 2 is 1.96 bits per heavy atom. The molecule has 0 unspecified atom stereocenters. The lowest BCUT2D eigenvalue weighted by Crippen LogP contribution is -2.11. The first-order chi connectivity index (χ1) is 11.7. The first-order valence-corrected chi connectivity index (χ1v) is 8.93. The molecule has 3 aromatic rings. The quantitative estimate of drug-likeness (QED) is 0.784. The van der Waals surface area contributed by atoms with Crippen molar-refractivity contribution in [2.45, 2.75) is 25.7 Å². The highest BCUT2D eigenvalue weighted by Gasteiger charge is 2.19. The molecule has 0 saturated carbocycles. The van der Waals surface area contributed by atoms with Crippen molar-refractivity contribution in [1.82, 2.24) is 9.97 Å². The lowest BCUT2D eigenvalue weighted by molar-refractivity contribution is 0.415. The zero-order valence-corrected chi connectivity index (χ0v) is 14.3. The highest BCUT2D eigenvalue weighted by Crippen LogP contribution is 2.33. The van der Waals surface area contributed by atoms with Crippen LogP contribution < -0.4 is 10.3 Å². The fourth-order valence-electron chi connectivity index (χ4n) is 3.15. The van der Waals surface area contributed by atoms with Crippen LogP contribution in [0.25, 0.3) is 22.4 Å². The second-order valence-electron chi connectivity index (χ2n) is 5.95. The largest absolute Gasteiger partial charge is 0.497 e. The number of ether oxygens (including phenoxy) is 1. The van der Waals surface area contributed by atoms with Crippen molar-refractivity contribution in [2.75, 3.05) is 7.11 Å². The van der Waals surface area contributed by atoms with E-state index >= 15 is 0 Å². The maximum atomic E-state index is 12.5. The summed E-state index contributed by atoms with van der Waals surface area (Å²) in [7, 11) is 1.65. The fraction of sp³-hybridized carbons (Fsp3) is 0.263. The average molecular weight is 338 g/mol. The number of nitrogens with one attached hydrogen (secondary N) is 1. The van der Waals surface area contributed by atoms with Crippen LogP contribution in [0.3, 0.4) is 0 Å². The Labute approximate surface area is 143 Å². The minimum atomic E-state index is -0.0196. The van der Waals surface area contributed by atoms with Crippen molar-refractivity contribution in [3.8, 4) is 5.75 Å². The van der Waals surface area contributed by atoms with Crippen LogP contribution in [0.2, 0.25) is 0 Å². The van der Waals surface area contributed by atoms with Gasteiger partial charge in [0, 0.05) is 4.88 Å². The van der Waals surface area contributed by atoms with Crippen molar-refractivity contribution >= 4 is 33.7 Å². The van der Waals surface area contributed by atoms with E-state index in [0.29, 0.717) is 5.82 Å². The van der Waals surface area contributed by atoms with E-state index in [1.807, 2.05) is 36.4 Å². The predicted molar refractivity (Wildman–Crippen MR) is 98.8 cm³/mol. The van der Waals surface area contributed by atoms with Gasteiger partial charge in [-0.15, -0.1) is 11.3 Å². The van der Waals surface area contributed by atoms with E-state index in [9.17, 15) is 4.79 Å². The third kappa shape index (κ3) is 2.76. The first kappa shape index (κ1) is 15.1. The Morgan fingerprint density at radius 3 is 2.75 bits per heavy atom. The van der Waals surface area contributed by atoms with Gasteiger partial charge in [-0.2, -0.15) is 0 Å². The van der Waals surface area contributed by atoms with Gasteiger partial charge in [-0.3, -0.25) is 4.79 Å². The van der Waals surface area contributed by atoms with Crippen LogP contribution in [0.1, 0.15) is 34.7 Å². The maximum Gasteiger partial charge on any atom is 0.260 e. The summed E-state index contributed by atoms with van der Waals surface area (Å²) in [5.74, 6) is 1.42.